The molecule has 2 aliphatic carbocycles. The van der Waals surface area contributed by atoms with E-state index in [0.717, 1.165) is 40.9 Å². The van der Waals surface area contributed by atoms with Gasteiger partial charge in [-0.05, 0) is 55.2 Å². The van der Waals surface area contributed by atoms with Crippen molar-refractivity contribution in [2.24, 2.45) is 17.8 Å². The normalized spacial score (nSPS) is 29.5. The summed E-state index contributed by atoms with van der Waals surface area (Å²) in [4.78, 5) is 10.8. The number of carbonyl (C=O) groups is 1. The smallest absolute Gasteiger partial charge is 0.150 e. The number of hydrogen-bond acceptors (Lipinski definition) is 2. The average molecular weight is 309 g/mol. The number of ether oxygens (including phenoxy) is 1. The summed E-state index contributed by atoms with van der Waals surface area (Å²) in [7, 11) is 0. The first-order valence-corrected chi connectivity index (χ1v) is 7.42. The SMILES string of the molecule is O=Cc1cc(Br)cc(OCC2CC3CCC2C3)c1. The van der Waals surface area contributed by atoms with E-state index in [2.05, 4.69) is 15.9 Å². The molecule has 3 heteroatoms. The van der Waals surface area contributed by atoms with Crippen molar-refractivity contribution in [3.8, 4) is 5.75 Å². The lowest BCUT2D eigenvalue weighted by Gasteiger charge is -2.21. The summed E-state index contributed by atoms with van der Waals surface area (Å²) in [5.41, 5.74) is 0.660. The van der Waals surface area contributed by atoms with E-state index >= 15 is 0 Å². The van der Waals surface area contributed by atoms with Crippen LogP contribution >= 0.6 is 15.9 Å². The van der Waals surface area contributed by atoms with Gasteiger partial charge in [0.05, 0.1) is 6.61 Å². The molecular weight excluding hydrogens is 292 g/mol. The summed E-state index contributed by atoms with van der Waals surface area (Å²) in [5, 5.41) is 0. The van der Waals surface area contributed by atoms with Gasteiger partial charge in [0.2, 0.25) is 0 Å². The molecule has 0 radical (unpaired) electrons. The van der Waals surface area contributed by atoms with E-state index in [0.29, 0.717) is 5.56 Å². The Bertz CT molecular complexity index is 458. The number of benzene rings is 1. The van der Waals surface area contributed by atoms with Crippen molar-refractivity contribution >= 4 is 22.2 Å². The zero-order chi connectivity index (χ0) is 12.5. The Hall–Kier alpha value is -0.830. The third-order valence-electron chi connectivity index (χ3n) is 4.38. The van der Waals surface area contributed by atoms with Crippen LogP contribution in [0.3, 0.4) is 0 Å². The highest BCUT2D eigenvalue weighted by atomic mass is 79.9. The zero-order valence-corrected chi connectivity index (χ0v) is 11.9. The van der Waals surface area contributed by atoms with Crippen molar-refractivity contribution in [1.82, 2.24) is 0 Å². The van der Waals surface area contributed by atoms with Gasteiger partial charge in [0, 0.05) is 10.0 Å². The number of aldehydes is 1. The molecule has 2 nitrogen and oxygen atoms in total. The fraction of sp³-hybridized carbons (Fsp3) is 0.533. The van der Waals surface area contributed by atoms with Crippen LogP contribution < -0.4 is 4.74 Å². The highest BCUT2D eigenvalue weighted by Crippen LogP contribution is 2.48. The second kappa shape index (κ2) is 5.04. The maximum Gasteiger partial charge on any atom is 0.150 e. The van der Waals surface area contributed by atoms with Gasteiger partial charge in [-0.15, -0.1) is 0 Å². The number of hydrogen-bond donors (Lipinski definition) is 0. The molecule has 96 valence electrons. The fourth-order valence-corrected chi connectivity index (χ4v) is 4.01. The molecule has 0 amide bonds. The molecule has 2 aliphatic rings. The molecule has 2 fully saturated rings. The molecule has 0 spiro atoms. The lowest BCUT2D eigenvalue weighted by molar-refractivity contribution is 0.112. The number of fused-ring (bicyclic) bond motifs is 2. The van der Waals surface area contributed by atoms with E-state index in [1.54, 1.807) is 6.07 Å². The summed E-state index contributed by atoms with van der Waals surface area (Å²) in [6, 6.07) is 5.54. The molecule has 3 atom stereocenters. The third kappa shape index (κ3) is 2.46. The van der Waals surface area contributed by atoms with Gasteiger partial charge in [-0.3, -0.25) is 4.79 Å². The molecule has 0 aliphatic heterocycles. The number of carbonyl (C=O) groups excluding carboxylic acids is 1. The van der Waals surface area contributed by atoms with Crippen LogP contribution in [0.4, 0.5) is 0 Å². The van der Waals surface area contributed by atoms with Crippen LogP contribution in [0.1, 0.15) is 36.0 Å². The fourth-order valence-electron chi connectivity index (χ4n) is 3.52. The lowest BCUT2D eigenvalue weighted by Crippen LogP contribution is -2.18. The molecule has 3 unspecified atom stereocenters. The minimum absolute atomic E-state index is 0.660. The van der Waals surface area contributed by atoms with Crippen LogP contribution in [0.25, 0.3) is 0 Å². The first-order valence-electron chi connectivity index (χ1n) is 6.63. The van der Waals surface area contributed by atoms with Crippen molar-refractivity contribution < 1.29 is 9.53 Å². The van der Waals surface area contributed by atoms with Gasteiger partial charge in [-0.1, -0.05) is 22.4 Å². The Morgan fingerprint density at radius 2 is 2.17 bits per heavy atom. The Balaban J connectivity index is 1.63. The molecule has 3 rings (SSSR count). The number of rotatable bonds is 4. The standard InChI is InChI=1S/C15H17BrO2/c16-14-5-11(8-17)6-15(7-14)18-9-13-4-10-1-2-12(13)3-10/h5-8,10,12-13H,1-4,9H2. The van der Waals surface area contributed by atoms with Gasteiger partial charge in [0.15, 0.2) is 0 Å². The summed E-state index contributed by atoms with van der Waals surface area (Å²) < 4.78 is 6.78. The van der Waals surface area contributed by atoms with Gasteiger partial charge in [0.25, 0.3) is 0 Å². The Morgan fingerprint density at radius 3 is 2.83 bits per heavy atom. The van der Waals surface area contributed by atoms with Crippen molar-refractivity contribution in [3.63, 3.8) is 0 Å². The first kappa shape index (κ1) is 12.2. The van der Waals surface area contributed by atoms with Crippen LogP contribution in [0, 0.1) is 17.8 Å². The van der Waals surface area contributed by atoms with Crippen molar-refractivity contribution in [3.05, 3.63) is 28.2 Å². The van der Waals surface area contributed by atoms with Crippen molar-refractivity contribution in [1.29, 1.82) is 0 Å². The molecule has 18 heavy (non-hydrogen) atoms. The van der Waals surface area contributed by atoms with Gasteiger partial charge in [-0.25, -0.2) is 0 Å². The largest absolute Gasteiger partial charge is 0.493 e. The quantitative estimate of drug-likeness (QED) is 0.784. The van der Waals surface area contributed by atoms with E-state index < -0.39 is 0 Å². The molecule has 0 saturated heterocycles. The minimum Gasteiger partial charge on any atom is -0.493 e. The molecule has 0 N–H and O–H groups in total. The maximum atomic E-state index is 10.8. The van der Waals surface area contributed by atoms with Gasteiger partial charge in [-0.2, -0.15) is 0 Å². The lowest BCUT2D eigenvalue weighted by atomic mass is 9.89. The Kier molecular flexibility index (Phi) is 3.42. The number of halogens is 1. The molecule has 2 bridgehead atoms. The molecule has 2 saturated carbocycles. The topological polar surface area (TPSA) is 26.3 Å². The predicted octanol–water partition coefficient (Wildman–Crippen LogP) is 4.08. The Labute approximate surface area is 116 Å². The average Bonchev–Trinajstić information content (AvgIpc) is 2.97. The van der Waals surface area contributed by atoms with E-state index in [1.165, 1.54) is 25.7 Å². The highest BCUT2D eigenvalue weighted by Gasteiger charge is 2.39. The second-order valence-electron chi connectivity index (χ2n) is 5.58. The third-order valence-corrected chi connectivity index (χ3v) is 4.84. The van der Waals surface area contributed by atoms with Crippen molar-refractivity contribution in [2.45, 2.75) is 25.7 Å². The molecule has 0 heterocycles. The summed E-state index contributed by atoms with van der Waals surface area (Å²) in [6.45, 7) is 0.802. The monoisotopic (exact) mass is 308 g/mol. The van der Waals surface area contributed by atoms with E-state index in [1.807, 2.05) is 12.1 Å². The van der Waals surface area contributed by atoms with E-state index in [-0.39, 0.29) is 0 Å². The van der Waals surface area contributed by atoms with E-state index in [4.69, 9.17) is 4.74 Å². The van der Waals surface area contributed by atoms with Crippen LogP contribution in [0.2, 0.25) is 0 Å². The van der Waals surface area contributed by atoms with Crippen molar-refractivity contribution in [2.75, 3.05) is 6.61 Å². The zero-order valence-electron chi connectivity index (χ0n) is 10.3. The highest BCUT2D eigenvalue weighted by molar-refractivity contribution is 9.10. The molecular formula is C15H17BrO2. The first-order chi connectivity index (χ1) is 8.74. The minimum atomic E-state index is 0.660. The van der Waals surface area contributed by atoms with Crippen LogP contribution in [0.15, 0.2) is 22.7 Å². The maximum absolute atomic E-state index is 10.8. The molecule has 1 aromatic carbocycles. The summed E-state index contributed by atoms with van der Waals surface area (Å²) in [5.74, 6) is 3.36. The Morgan fingerprint density at radius 1 is 1.28 bits per heavy atom. The van der Waals surface area contributed by atoms with Crippen LogP contribution in [0.5, 0.6) is 5.75 Å². The van der Waals surface area contributed by atoms with Gasteiger partial charge >= 0.3 is 0 Å². The molecule has 1 aromatic rings. The van der Waals surface area contributed by atoms with E-state index in [9.17, 15) is 4.79 Å². The van der Waals surface area contributed by atoms with Crippen LogP contribution in [-0.4, -0.2) is 12.9 Å². The second-order valence-corrected chi connectivity index (χ2v) is 6.50. The predicted molar refractivity (Wildman–Crippen MR) is 74.0 cm³/mol. The summed E-state index contributed by atoms with van der Waals surface area (Å²) >= 11 is 3.40. The van der Waals surface area contributed by atoms with Crippen LogP contribution in [-0.2, 0) is 0 Å². The van der Waals surface area contributed by atoms with Gasteiger partial charge < -0.3 is 4.74 Å². The summed E-state index contributed by atoms with van der Waals surface area (Å²) in [6.07, 6.45) is 6.41. The molecule has 0 aromatic heterocycles. The van der Waals surface area contributed by atoms with Gasteiger partial charge in [0.1, 0.15) is 12.0 Å².